The van der Waals surface area contributed by atoms with Crippen molar-refractivity contribution in [3.05, 3.63) is 0 Å². The molecule has 0 amide bonds. The molecule has 0 radical (unpaired) electrons. The third-order valence-electron chi connectivity index (χ3n) is 5.73. The quantitative estimate of drug-likeness (QED) is 0.304. The molecular weight excluding hydrogens is 300 g/mol. The SMILES string of the molecule is CCCCCCCCCCCCCCCC(C)C(CO)(CO)CO. The highest BCUT2D eigenvalue weighted by atomic mass is 16.3. The van der Waals surface area contributed by atoms with Crippen LogP contribution < -0.4 is 0 Å². The molecule has 0 heterocycles. The maximum Gasteiger partial charge on any atom is 0.0534 e. The fraction of sp³-hybridized carbons (Fsp3) is 1.00. The van der Waals surface area contributed by atoms with E-state index in [1.54, 1.807) is 0 Å². The molecule has 0 saturated heterocycles. The van der Waals surface area contributed by atoms with Gasteiger partial charge < -0.3 is 15.3 Å². The van der Waals surface area contributed by atoms with Gasteiger partial charge in [-0.15, -0.1) is 0 Å². The van der Waals surface area contributed by atoms with Gasteiger partial charge >= 0.3 is 0 Å². The van der Waals surface area contributed by atoms with Crippen LogP contribution in [0.1, 0.15) is 104 Å². The van der Waals surface area contributed by atoms with E-state index in [-0.39, 0.29) is 25.7 Å². The molecule has 0 bridgehead atoms. The second-order valence-corrected chi connectivity index (χ2v) is 7.77. The molecule has 0 saturated carbocycles. The Labute approximate surface area is 150 Å². The molecule has 24 heavy (non-hydrogen) atoms. The Balaban J connectivity index is 3.42. The molecule has 0 aromatic carbocycles. The smallest absolute Gasteiger partial charge is 0.0534 e. The van der Waals surface area contributed by atoms with E-state index in [0.29, 0.717) is 0 Å². The Morgan fingerprint density at radius 2 is 0.917 bits per heavy atom. The van der Waals surface area contributed by atoms with Gasteiger partial charge in [-0.05, 0) is 12.3 Å². The van der Waals surface area contributed by atoms with E-state index < -0.39 is 5.41 Å². The van der Waals surface area contributed by atoms with Crippen LogP contribution in [0.4, 0.5) is 0 Å². The van der Waals surface area contributed by atoms with Crippen molar-refractivity contribution in [1.29, 1.82) is 0 Å². The summed E-state index contributed by atoms with van der Waals surface area (Å²) in [5, 5.41) is 28.3. The predicted octanol–water partition coefficient (Wildman–Crippen LogP) is 5.07. The molecule has 0 aliphatic heterocycles. The second kappa shape index (κ2) is 16.4. The molecular formula is C21H44O3. The highest BCUT2D eigenvalue weighted by Gasteiger charge is 2.34. The van der Waals surface area contributed by atoms with Crippen LogP contribution in [0, 0.1) is 11.3 Å². The van der Waals surface area contributed by atoms with Gasteiger partial charge in [0.2, 0.25) is 0 Å². The van der Waals surface area contributed by atoms with E-state index in [0.717, 1.165) is 12.8 Å². The lowest BCUT2D eigenvalue weighted by Gasteiger charge is -2.34. The van der Waals surface area contributed by atoms with Crippen molar-refractivity contribution in [2.75, 3.05) is 19.8 Å². The van der Waals surface area contributed by atoms with Crippen molar-refractivity contribution >= 4 is 0 Å². The molecule has 0 aromatic heterocycles. The van der Waals surface area contributed by atoms with Crippen LogP contribution in [0.3, 0.4) is 0 Å². The zero-order valence-corrected chi connectivity index (χ0v) is 16.4. The lowest BCUT2D eigenvalue weighted by molar-refractivity contribution is -0.0361. The van der Waals surface area contributed by atoms with Crippen LogP contribution in [0.25, 0.3) is 0 Å². The summed E-state index contributed by atoms with van der Waals surface area (Å²) in [7, 11) is 0. The number of hydrogen-bond acceptors (Lipinski definition) is 3. The van der Waals surface area contributed by atoms with Crippen molar-refractivity contribution in [2.24, 2.45) is 11.3 Å². The molecule has 3 heteroatoms. The standard InChI is InChI=1S/C21H44O3/c1-3-4-5-6-7-8-9-10-11-12-13-14-15-16-20(2)21(17-22,18-23)19-24/h20,22-24H,3-19H2,1-2H3. The van der Waals surface area contributed by atoms with Crippen LogP contribution in [0.15, 0.2) is 0 Å². The van der Waals surface area contributed by atoms with Gasteiger partial charge in [-0.3, -0.25) is 0 Å². The third kappa shape index (κ3) is 10.7. The van der Waals surface area contributed by atoms with E-state index in [1.165, 1.54) is 77.0 Å². The first-order chi connectivity index (χ1) is 11.7. The first-order valence-electron chi connectivity index (χ1n) is 10.5. The maximum atomic E-state index is 9.43. The van der Waals surface area contributed by atoms with Crippen LogP contribution in [0.2, 0.25) is 0 Å². The molecule has 146 valence electrons. The van der Waals surface area contributed by atoms with Gasteiger partial charge in [0, 0.05) is 5.41 Å². The number of rotatable bonds is 18. The molecule has 3 nitrogen and oxygen atoms in total. The molecule has 0 aromatic rings. The molecule has 3 N–H and O–H groups in total. The summed E-state index contributed by atoms with van der Waals surface area (Å²) in [4.78, 5) is 0. The van der Waals surface area contributed by atoms with Crippen molar-refractivity contribution < 1.29 is 15.3 Å². The second-order valence-electron chi connectivity index (χ2n) is 7.77. The Hall–Kier alpha value is -0.120. The molecule has 0 spiro atoms. The topological polar surface area (TPSA) is 60.7 Å². The van der Waals surface area contributed by atoms with E-state index in [2.05, 4.69) is 6.92 Å². The normalized spacial score (nSPS) is 13.4. The summed E-state index contributed by atoms with van der Waals surface area (Å²) in [5.74, 6) is 0.158. The van der Waals surface area contributed by atoms with Gasteiger partial charge in [0.15, 0.2) is 0 Å². The first kappa shape index (κ1) is 23.9. The molecule has 1 unspecified atom stereocenters. The van der Waals surface area contributed by atoms with E-state index in [9.17, 15) is 15.3 Å². The molecule has 0 aliphatic rings. The van der Waals surface area contributed by atoms with Crippen molar-refractivity contribution in [3.63, 3.8) is 0 Å². The van der Waals surface area contributed by atoms with Crippen molar-refractivity contribution in [3.8, 4) is 0 Å². The summed E-state index contributed by atoms with van der Waals surface area (Å²) in [6.07, 6.45) is 18.5. The number of aliphatic hydroxyl groups is 3. The van der Waals surface area contributed by atoms with Gasteiger partial charge in [0.25, 0.3) is 0 Å². The average Bonchev–Trinajstić information content (AvgIpc) is 2.61. The summed E-state index contributed by atoms with van der Waals surface area (Å²) < 4.78 is 0. The number of aliphatic hydroxyl groups excluding tert-OH is 3. The minimum Gasteiger partial charge on any atom is -0.396 e. The monoisotopic (exact) mass is 344 g/mol. The Bertz CT molecular complexity index is 243. The van der Waals surface area contributed by atoms with Gasteiger partial charge in [0.05, 0.1) is 19.8 Å². The van der Waals surface area contributed by atoms with Gasteiger partial charge in [-0.2, -0.15) is 0 Å². The lowest BCUT2D eigenvalue weighted by atomic mass is 9.75. The Kier molecular flexibility index (Phi) is 16.3. The van der Waals surface area contributed by atoms with Crippen LogP contribution >= 0.6 is 0 Å². The fourth-order valence-electron chi connectivity index (χ4n) is 3.39. The number of unbranched alkanes of at least 4 members (excludes halogenated alkanes) is 12. The summed E-state index contributed by atoms with van der Waals surface area (Å²) >= 11 is 0. The summed E-state index contributed by atoms with van der Waals surface area (Å²) in [6, 6.07) is 0. The van der Waals surface area contributed by atoms with E-state index in [1.807, 2.05) is 6.92 Å². The van der Waals surface area contributed by atoms with Crippen molar-refractivity contribution in [1.82, 2.24) is 0 Å². The Morgan fingerprint density at radius 3 is 1.25 bits per heavy atom. The van der Waals surface area contributed by atoms with Gasteiger partial charge in [-0.1, -0.05) is 97.3 Å². The van der Waals surface area contributed by atoms with Crippen LogP contribution in [-0.2, 0) is 0 Å². The predicted molar refractivity (Wildman–Crippen MR) is 103 cm³/mol. The largest absolute Gasteiger partial charge is 0.396 e. The molecule has 0 fully saturated rings. The molecule has 0 aliphatic carbocycles. The first-order valence-corrected chi connectivity index (χ1v) is 10.5. The maximum absolute atomic E-state index is 9.43. The number of hydrogen-bond donors (Lipinski definition) is 3. The summed E-state index contributed by atoms with van der Waals surface area (Å²) in [6.45, 7) is 3.88. The van der Waals surface area contributed by atoms with Gasteiger partial charge in [0.1, 0.15) is 0 Å². The zero-order chi connectivity index (χ0) is 18.1. The highest BCUT2D eigenvalue weighted by molar-refractivity contribution is 4.82. The van der Waals surface area contributed by atoms with Crippen LogP contribution in [-0.4, -0.2) is 35.1 Å². The fourth-order valence-corrected chi connectivity index (χ4v) is 3.39. The van der Waals surface area contributed by atoms with E-state index in [4.69, 9.17) is 0 Å². The summed E-state index contributed by atoms with van der Waals surface area (Å²) in [5.41, 5.74) is -0.711. The molecule has 0 rings (SSSR count). The minimum absolute atomic E-state index is 0.139. The van der Waals surface area contributed by atoms with E-state index >= 15 is 0 Å². The molecule has 1 atom stereocenters. The van der Waals surface area contributed by atoms with Gasteiger partial charge in [-0.25, -0.2) is 0 Å². The zero-order valence-electron chi connectivity index (χ0n) is 16.4. The lowest BCUT2D eigenvalue weighted by Crippen LogP contribution is -2.40. The third-order valence-corrected chi connectivity index (χ3v) is 5.73. The van der Waals surface area contributed by atoms with Crippen molar-refractivity contribution in [2.45, 2.75) is 104 Å². The highest BCUT2D eigenvalue weighted by Crippen LogP contribution is 2.30. The minimum atomic E-state index is -0.711. The van der Waals surface area contributed by atoms with Crippen LogP contribution in [0.5, 0.6) is 0 Å². The Morgan fingerprint density at radius 1 is 0.583 bits per heavy atom. The average molecular weight is 345 g/mol.